The first-order valence-electron chi connectivity index (χ1n) is 9.61. The van der Waals surface area contributed by atoms with E-state index in [4.69, 9.17) is 23.2 Å². The van der Waals surface area contributed by atoms with E-state index >= 15 is 0 Å². The number of anilines is 1. The van der Waals surface area contributed by atoms with Crippen LogP contribution in [0.3, 0.4) is 0 Å². The van der Waals surface area contributed by atoms with Gasteiger partial charge in [0.2, 0.25) is 5.91 Å². The fourth-order valence-corrected chi connectivity index (χ4v) is 4.27. The molecule has 3 rings (SSSR count). The number of hydrogen-bond donors (Lipinski definition) is 5. The summed E-state index contributed by atoms with van der Waals surface area (Å²) in [4.78, 5) is 41.2. The van der Waals surface area contributed by atoms with Crippen LogP contribution < -0.4 is 21.3 Å². The predicted octanol–water partition coefficient (Wildman–Crippen LogP) is 2.70. The number of rotatable bonds is 8. The number of nitrogens with one attached hydrogen (secondary N) is 4. The number of nitrogens with zero attached hydrogens (tertiary/aromatic N) is 1. The van der Waals surface area contributed by atoms with Crippen molar-refractivity contribution in [1.29, 1.82) is 0 Å². The summed E-state index contributed by atoms with van der Waals surface area (Å²) in [7, 11) is 0. The molecule has 5 N–H and O–H groups in total. The summed E-state index contributed by atoms with van der Waals surface area (Å²) in [5.74, 6) is -0.799. The van der Waals surface area contributed by atoms with Crippen molar-refractivity contribution in [2.75, 3.05) is 25.0 Å². The maximum atomic E-state index is 12.4. The number of aliphatic imine (C=N–C) groups is 1. The molecule has 0 radical (unpaired) electrons. The molecule has 0 saturated carbocycles. The van der Waals surface area contributed by atoms with E-state index in [2.05, 4.69) is 26.3 Å². The van der Waals surface area contributed by atoms with E-state index in [0.717, 1.165) is 6.54 Å². The van der Waals surface area contributed by atoms with E-state index in [9.17, 15) is 19.5 Å². The Morgan fingerprint density at radius 2 is 2.06 bits per heavy atom. The van der Waals surface area contributed by atoms with E-state index in [0.29, 0.717) is 23.1 Å². The van der Waals surface area contributed by atoms with Crippen LogP contribution in [0.4, 0.5) is 5.69 Å². The van der Waals surface area contributed by atoms with E-state index in [1.165, 1.54) is 30.4 Å². The molecule has 1 aliphatic rings. The Kier molecular flexibility index (Phi) is 7.94. The third-order valence-corrected chi connectivity index (χ3v) is 5.86. The van der Waals surface area contributed by atoms with Gasteiger partial charge >= 0.3 is 0 Å². The van der Waals surface area contributed by atoms with Crippen molar-refractivity contribution < 1.29 is 19.5 Å². The predicted molar refractivity (Wildman–Crippen MR) is 125 cm³/mol. The molecule has 2 aromatic rings. The molecule has 1 aromatic heterocycles. The largest absolute Gasteiger partial charge is 0.506 e. The van der Waals surface area contributed by atoms with Crippen molar-refractivity contribution in [3.05, 3.63) is 44.1 Å². The molecule has 0 saturated heterocycles. The summed E-state index contributed by atoms with van der Waals surface area (Å²) in [6, 6.07) is 3.59. The topological polar surface area (TPSA) is 132 Å². The highest BCUT2D eigenvalue weighted by molar-refractivity contribution is 7.12. The highest BCUT2D eigenvalue weighted by Crippen LogP contribution is 2.36. The molecule has 12 heteroatoms. The molecular formula is C20H21Cl2N5O4S. The van der Waals surface area contributed by atoms with Gasteiger partial charge in [-0.05, 0) is 25.1 Å². The van der Waals surface area contributed by atoms with Gasteiger partial charge in [-0.15, -0.1) is 11.3 Å². The highest BCUT2D eigenvalue weighted by Gasteiger charge is 2.22. The number of halogens is 2. The molecule has 0 spiro atoms. The molecular weight excluding hydrogens is 477 g/mol. The van der Waals surface area contributed by atoms with Crippen LogP contribution in [-0.2, 0) is 9.59 Å². The van der Waals surface area contributed by atoms with Crippen LogP contribution in [0.2, 0.25) is 10.0 Å². The van der Waals surface area contributed by atoms with E-state index < -0.39 is 17.9 Å². The number of amides is 2. The lowest BCUT2D eigenvalue weighted by Crippen LogP contribution is -2.39. The zero-order valence-corrected chi connectivity index (χ0v) is 19.3. The molecule has 2 amide bonds. The van der Waals surface area contributed by atoms with Gasteiger partial charge in [0.25, 0.3) is 5.91 Å². The lowest BCUT2D eigenvalue weighted by Gasteiger charge is -2.20. The van der Waals surface area contributed by atoms with E-state index in [-0.39, 0.29) is 40.1 Å². The second-order valence-electron chi connectivity index (χ2n) is 7.02. The zero-order chi connectivity index (χ0) is 23.3. The Morgan fingerprint density at radius 1 is 1.28 bits per heavy atom. The first-order valence-corrected chi connectivity index (χ1v) is 11.2. The molecule has 0 bridgehead atoms. The SMILES string of the molecule is CC(=O)CC(NC(=O)CNC(=O)c1cc(NC2=NCCN2)cs1)c1cc(Cl)cc(Cl)c1O. The monoisotopic (exact) mass is 497 g/mol. The third kappa shape index (κ3) is 6.35. The fraction of sp³-hybridized carbons (Fsp3) is 0.300. The van der Waals surface area contributed by atoms with Crippen LogP contribution >= 0.6 is 34.5 Å². The van der Waals surface area contributed by atoms with Crippen molar-refractivity contribution in [2.45, 2.75) is 19.4 Å². The number of hydrogen-bond acceptors (Lipinski definition) is 8. The number of ketones is 1. The number of carbonyl (C=O) groups excluding carboxylic acids is 3. The van der Waals surface area contributed by atoms with Crippen molar-refractivity contribution in [3.63, 3.8) is 0 Å². The highest BCUT2D eigenvalue weighted by atomic mass is 35.5. The van der Waals surface area contributed by atoms with Crippen molar-refractivity contribution >= 4 is 63.8 Å². The number of phenolic OH excluding ortho intramolecular Hbond substituents is 1. The maximum absolute atomic E-state index is 12.4. The summed E-state index contributed by atoms with van der Waals surface area (Å²) in [5, 5.41) is 23.6. The lowest BCUT2D eigenvalue weighted by molar-refractivity contribution is -0.121. The number of aromatic hydroxyl groups is 1. The Morgan fingerprint density at radius 3 is 2.75 bits per heavy atom. The average molecular weight is 498 g/mol. The van der Waals surface area contributed by atoms with Gasteiger partial charge in [-0.2, -0.15) is 0 Å². The van der Waals surface area contributed by atoms with Gasteiger partial charge in [0, 0.05) is 28.9 Å². The summed E-state index contributed by atoms with van der Waals surface area (Å²) < 4.78 is 0. The van der Waals surface area contributed by atoms with Gasteiger partial charge < -0.3 is 26.4 Å². The number of thiophene rings is 1. The fourth-order valence-electron chi connectivity index (χ4n) is 3.01. The standard InChI is InChI=1S/C20H21Cl2N5O4S/c1-10(28)4-15(13-5-11(21)6-14(22)18(13)30)27-17(29)8-25-19(31)16-7-12(9-32-16)26-20-23-2-3-24-20/h5-7,9,15,30H,2-4,8H2,1H3,(H,25,31)(H,27,29)(H2,23,24,26). The van der Waals surface area contributed by atoms with Crippen LogP contribution in [0.25, 0.3) is 0 Å². The van der Waals surface area contributed by atoms with Gasteiger partial charge in [-0.3, -0.25) is 19.4 Å². The van der Waals surface area contributed by atoms with Crippen molar-refractivity contribution in [3.8, 4) is 5.75 Å². The van der Waals surface area contributed by atoms with Crippen LogP contribution in [0, 0.1) is 0 Å². The Labute approximate surface area is 198 Å². The maximum Gasteiger partial charge on any atom is 0.261 e. The third-order valence-electron chi connectivity index (χ3n) is 4.43. The molecule has 0 aliphatic carbocycles. The number of Topliss-reactive ketones (excluding diaryl/α,β-unsaturated/α-hetero) is 1. The molecule has 9 nitrogen and oxygen atoms in total. The molecule has 1 aliphatic heterocycles. The van der Waals surface area contributed by atoms with Gasteiger partial charge in [0.15, 0.2) is 5.96 Å². The second-order valence-corrected chi connectivity index (χ2v) is 8.77. The Balaban J connectivity index is 1.60. The number of phenols is 1. The molecule has 1 aromatic carbocycles. The number of carbonyl (C=O) groups is 3. The quantitative estimate of drug-likeness (QED) is 0.380. The first kappa shape index (κ1) is 23.8. The Bertz CT molecular complexity index is 1070. The van der Waals surface area contributed by atoms with Crippen molar-refractivity contribution in [1.82, 2.24) is 16.0 Å². The molecule has 1 atom stereocenters. The van der Waals surface area contributed by atoms with Crippen LogP contribution in [0.5, 0.6) is 5.75 Å². The molecule has 1 unspecified atom stereocenters. The van der Waals surface area contributed by atoms with Gasteiger partial charge in [0.05, 0.1) is 34.7 Å². The van der Waals surface area contributed by atoms with Gasteiger partial charge in [-0.1, -0.05) is 23.2 Å². The smallest absolute Gasteiger partial charge is 0.261 e. The summed E-state index contributed by atoms with van der Waals surface area (Å²) in [5.41, 5.74) is 0.933. The van der Waals surface area contributed by atoms with E-state index in [1.54, 1.807) is 11.4 Å². The minimum absolute atomic E-state index is 0.00415. The number of benzene rings is 1. The van der Waals surface area contributed by atoms with Crippen LogP contribution in [-0.4, -0.2) is 48.3 Å². The van der Waals surface area contributed by atoms with Crippen LogP contribution in [0.1, 0.15) is 34.6 Å². The first-order chi connectivity index (χ1) is 15.2. The molecule has 0 fully saturated rings. The summed E-state index contributed by atoms with van der Waals surface area (Å²) >= 11 is 13.2. The minimum atomic E-state index is -0.856. The molecule has 170 valence electrons. The summed E-state index contributed by atoms with van der Waals surface area (Å²) in [6.45, 7) is 2.49. The minimum Gasteiger partial charge on any atom is -0.506 e. The lowest BCUT2D eigenvalue weighted by atomic mass is 10.0. The molecule has 2 heterocycles. The van der Waals surface area contributed by atoms with Gasteiger partial charge in [0.1, 0.15) is 11.5 Å². The zero-order valence-electron chi connectivity index (χ0n) is 17.0. The van der Waals surface area contributed by atoms with Gasteiger partial charge in [-0.25, -0.2) is 0 Å². The normalized spacial score (nSPS) is 13.7. The average Bonchev–Trinajstić information content (AvgIpc) is 3.40. The van der Waals surface area contributed by atoms with Crippen molar-refractivity contribution in [2.24, 2.45) is 4.99 Å². The molecule has 32 heavy (non-hydrogen) atoms. The number of guanidine groups is 1. The van der Waals surface area contributed by atoms with Crippen LogP contribution in [0.15, 0.2) is 28.6 Å². The Hall–Kier alpha value is -2.82. The second kappa shape index (κ2) is 10.7. The summed E-state index contributed by atoms with van der Waals surface area (Å²) in [6.07, 6.45) is -0.0816. The van der Waals surface area contributed by atoms with E-state index in [1.807, 2.05) is 0 Å².